The molecule has 3 aliphatic heterocycles. The minimum atomic E-state index is -1.57. The molecule has 0 saturated carbocycles. The lowest BCUT2D eigenvalue weighted by Gasteiger charge is -2.47. The molecule has 3 atom stereocenters. The van der Waals surface area contributed by atoms with Crippen molar-refractivity contribution in [2.45, 2.75) is 25.3 Å². The molecule has 3 aliphatic rings. The fourth-order valence-electron chi connectivity index (χ4n) is 6.21. The van der Waals surface area contributed by atoms with Gasteiger partial charge in [-0.1, -0.05) is 18.2 Å². The number of fused-ring (bicyclic) bond motifs is 4. The standard InChI is InChI=1S/C28H32N4O6/c1-4-10-31-26(35)28(25(34)29-27(31)36,13-19-8-9-21(37-2)12-23(19)38-3)17-30-14-18-11-20(16-30)22-6-5-7-24(33)32(22)15-18/h4-9,12,18,20H,1,10-11,13-17H2,2-3H3,(H,29,34,36)/t18-,20-,28+/m1/s1. The number of nitrogens with zero attached hydrogens (tertiary/aromatic N) is 3. The molecule has 2 saturated heterocycles. The Hall–Kier alpha value is -3.92. The number of pyridine rings is 1. The number of carbonyl (C=O) groups excluding carboxylic acids is 3. The Morgan fingerprint density at radius 2 is 1.89 bits per heavy atom. The second-order valence-electron chi connectivity index (χ2n) is 10.3. The number of amides is 4. The first-order chi connectivity index (χ1) is 18.3. The average Bonchev–Trinajstić information content (AvgIpc) is 2.90. The van der Waals surface area contributed by atoms with Crippen LogP contribution >= 0.6 is 0 Å². The molecule has 5 rings (SSSR count). The van der Waals surface area contributed by atoms with Crippen LogP contribution in [-0.2, 0) is 22.6 Å². The normalized spacial score (nSPS) is 25.0. The lowest BCUT2D eigenvalue weighted by atomic mass is 9.75. The molecular weight excluding hydrogens is 488 g/mol. The molecule has 0 unspecified atom stereocenters. The summed E-state index contributed by atoms with van der Waals surface area (Å²) in [5.41, 5.74) is 0.0565. The maximum absolute atomic E-state index is 14.0. The fraction of sp³-hybridized carbons (Fsp3) is 0.429. The largest absolute Gasteiger partial charge is 0.497 e. The van der Waals surface area contributed by atoms with E-state index in [0.29, 0.717) is 36.7 Å². The van der Waals surface area contributed by atoms with Crippen molar-refractivity contribution in [2.24, 2.45) is 11.3 Å². The number of imide groups is 2. The second kappa shape index (κ2) is 10.1. The molecule has 4 amide bonds. The van der Waals surface area contributed by atoms with Crippen LogP contribution in [-0.4, -0.2) is 72.6 Å². The van der Waals surface area contributed by atoms with Crippen molar-refractivity contribution in [1.82, 2.24) is 19.7 Å². The van der Waals surface area contributed by atoms with E-state index in [4.69, 9.17) is 9.47 Å². The zero-order chi connectivity index (χ0) is 27.0. The van der Waals surface area contributed by atoms with Crippen LogP contribution in [0.2, 0.25) is 0 Å². The SMILES string of the molecule is C=CCN1C(=O)NC(=O)[C@](Cc2ccc(OC)cc2OC)(CN2C[C@H]3C[C@H](C2)c2cccc(=O)n2C3)C1=O. The number of likely N-dealkylation sites (tertiary alicyclic amines) is 1. The van der Waals surface area contributed by atoms with Gasteiger partial charge in [-0.05, 0) is 30.0 Å². The summed E-state index contributed by atoms with van der Waals surface area (Å²) in [4.78, 5) is 55.9. The van der Waals surface area contributed by atoms with Gasteiger partial charge >= 0.3 is 6.03 Å². The van der Waals surface area contributed by atoms with Gasteiger partial charge in [0.15, 0.2) is 0 Å². The number of urea groups is 1. The maximum Gasteiger partial charge on any atom is 0.331 e. The molecule has 1 aromatic heterocycles. The minimum Gasteiger partial charge on any atom is -0.497 e. The van der Waals surface area contributed by atoms with Gasteiger partial charge in [0, 0.05) is 62.9 Å². The van der Waals surface area contributed by atoms with Crippen LogP contribution in [0.3, 0.4) is 0 Å². The molecule has 1 aromatic carbocycles. The molecule has 10 nitrogen and oxygen atoms in total. The van der Waals surface area contributed by atoms with E-state index in [2.05, 4.69) is 16.8 Å². The Morgan fingerprint density at radius 3 is 2.63 bits per heavy atom. The molecule has 10 heteroatoms. The first-order valence-corrected chi connectivity index (χ1v) is 12.7. The Morgan fingerprint density at radius 1 is 1.08 bits per heavy atom. The van der Waals surface area contributed by atoms with Crippen LogP contribution in [0.1, 0.15) is 23.6 Å². The first-order valence-electron chi connectivity index (χ1n) is 12.7. The Balaban J connectivity index is 1.52. The summed E-state index contributed by atoms with van der Waals surface area (Å²) in [5.74, 6) is 0.202. The van der Waals surface area contributed by atoms with E-state index in [1.165, 1.54) is 13.2 Å². The van der Waals surface area contributed by atoms with Gasteiger partial charge in [0.25, 0.3) is 5.56 Å². The molecule has 38 heavy (non-hydrogen) atoms. The number of barbiturate groups is 1. The van der Waals surface area contributed by atoms with Crippen molar-refractivity contribution in [2.75, 3.05) is 40.4 Å². The van der Waals surface area contributed by atoms with Crippen LogP contribution in [0.15, 0.2) is 53.8 Å². The van der Waals surface area contributed by atoms with Gasteiger partial charge in [-0.2, -0.15) is 0 Å². The summed E-state index contributed by atoms with van der Waals surface area (Å²) in [5, 5.41) is 2.42. The van der Waals surface area contributed by atoms with Gasteiger partial charge < -0.3 is 18.9 Å². The molecule has 1 N–H and O–H groups in total. The quantitative estimate of drug-likeness (QED) is 0.417. The van der Waals surface area contributed by atoms with E-state index >= 15 is 0 Å². The predicted molar refractivity (Wildman–Crippen MR) is 139 cm³/mol. The number of nitrogens with one attached hydrogen (secondary N) is 1. The minimum absolute atomic E-state index is 0.00543. The number of piperidine rings is 1. The first kappa shape index (κ1) is 25.7. The van der Waals surface area contributed by atoms with Gasteiger partial charge in [0.05, 0.1) is 14.2 Å². The Labute approximate surface area is 220 Å². The van der Waals surface area contributed by atoms with Gasteiger partial charge in [0.1, 0.15) is 16.9 Å². The van der Waals surface area contributed by atoms with E-state index in [1.54, 1.807) is 37.4 Å². The summed E-state index contributed by atoms with van der Waals surface area (Å²) < 4.78 is 12.7. The van der Waals surface area contributed by atoms with Gasteiger partial charge in [-0.25, -0.2) is 4.79 Å². The van der Waals surface area contributed by atoms with Crippen LogP contribution < -0.4 is 20.3 Å². The zero-order valence-electron chi connectivity index (χ0n) is 21.6. The molecule has 0 spiro atoms. The summed E-state index contributed by atoms with van der Waals surface area (Å²) >= 11 is 0. The van der Waals surface area contributed by atoms with Crippen molar-refractivity contribution in [3.05, 3.63) is 70.7 Å². The van der Waals surface area contributed by atoms with Crippen LogP contribution in [0, 0.1) is 11.3 Å². The van der Waals surface area contributed by atoms with Gasteiger partial charge in [-0.3, -0.25) is 24.6 Å². The molecule has 2 bridgehead atoms. The summed E-state index contributed by atoms with van der Waals surface area (Å²) in [6.45, 7) is 5.61. The van der Waals surface area contributed by atoms with Crippen LogP contribution in [0.25, 0.3) is 0 Å². The van der Waals surface area contributed by atoms with Crippen molar-refractivity contribution in [3.63, 3.8) is 0 Å². The third kappa shape index (κ3) is 4.38. The molecule has 0 radical (unpaired) electrons. The average molecular weight is 521 g/mol. The number of carbonyl (C=O) groups is 3. The van der Waals surface area contributed by atoms with Crippen molar-refractivity contribution >= 4 is 17.8 Å². The van der Waals surface area contributed by atoms with Crippen LogP contribution in [0.4, 0.5) is 4.79 Å². The topological polar surface area (TPSA) is 110 Å². The number of rotatable bonds is 8. The fourth-order valence-corrected chi connectivity index (χ4v) is 6.21. The smallest absolute Gasteiger partial charge is 0.331 e. The van der Waals surface area contributed by atoms with Crippen molar-refractivity contribution < 1.29 is 23.9 Å². The molecule has 200 valence electrons. The molecule has 4 heterocycles. The molecule has 2 aromatic rings. The number of hydrogen-bond donors (Lipinski definition) is 1. The Kier molecular flexibility index (Phi) is 6.83. The second-order valence-corrected chi connectivity index (χ2v) is 10.3. The maximum atomic E-state index is 14.0. The van der Waals surface area contributed by atoms with E-state index in [1.807, 2.05) is 10.6 Å². The van der Waals surface area contributed by atoms with Crippen LogP contribution in [0.5, 0.6) is 11.5 Å². The number of benzene rings is 1. The zero-order valence-corrected chi connectivity index (χ0v) is 21.6. The summed E-state index contributed by atoms with van der Waals surface area (Å²) in [7, 11) is 3.07. The van der Waals surface area contributed by atoms with E-state index in [-0.39, 0.29) is 36.9 Å². The van der Waals surface area contributed by atoms with E-state index in [0.717, 1.165) is 17.0 Å². The number of ether oxygens (including phenoxy) is 2. The molecule has 0 aliphatic carbocycles. The van der Waals surface area contributed by atoms with E-state index < -0.39 is 23.3 Å². The van der Waals surface area contributed by atoms with Crippen molar-refractivity contribution in [1.29, 1.82) is 0 Å². The summed E-state index contributed by atoms with van der Waals surface area (Å²) in [6.07, 6.45) is 2.44. The van der Waals surface area contributed by atoms with Gasteiger partial charge in [0.2, 0.25) is 11.8 Å². The highest BCUT2D eigenvalue weighted by atomic mass is 16.5. The third-order valence-electron chi connectivity index (χ3n) is 7.90. The summed E-state index contributed by atoms with van der Waals surface area (Å²) in [6, 6.07) is 9.83. The molecular formula is C28H32N4O6. The lowest BCUT2D eigenvalue weighted by Crippen LogP contribution is -2.68. The van der Waals surface area contributed by atoms with Crippen molar-refractivity contribution in [3.8, 4) is 11.5 Å². The predicted octanol–water partition coefficient (Wildman–Crippen LogP) is 1.78. The monoisotopic (exact) mass is 520 g/mol. The van der Waals surface area contributed by atoms with Gasteiger partial charge in [-0.15, -0.1) is 6.58 Å². The number of methoxy groups -OCH3 is 2. The lowest BCUT2D eigenvalue weighted by molar-refractivity contribution is -0.153. The highest BCUT2D eigenvalue weighted by Crippen LogP contribution is 2.39. The van der Waals surface area contributed by atoms with E-state index in [9.17, 15) is 19.2 Å². The molecule has 2 fully saturated rings. The Bertz CT molecular complexity index is 1350. The number of hydrogen-bond acceptors (Lipinski definition) is 7. The highest BCUT2D eigenvalue weighted by Gasteiger charge is 2.55. The highest BCUT2D eigenvalue weighted by molar-refractivity contribution is 6.19. The number of aromatic nitrogens is 1. The third-order valence-corrected chi connectivity index (χ3v) is 7.90.